The van der Waals surface area contributed by atoms with Crippen LogP contribution in [0.4, 0.5) is 0 Å². The van der Waals surface area contributed by atoms with Crippen LogP contribution < -0.4 is 19.6 Å². The number of rotatable bonds is 10. The molecule has 0 unspecified atom stereocenters. The molecule has 0 bridgehead atoms. The summed E-state index contributed by atoms with van der Waals surface area (Å²) in [5.41, 5.74) is 4.82. The lowest BCUT2D eigenvalue weighted by Gasteiger charge is -2.11. The van der Waals surface area contributed by atoms with Crippen LogP contribution in [0.5, 0.6) is 23.0 Å². The highest BCUT2D eigenvalue weighted by Crippen LogP contribution is 2.30. The molecule has 0 radical (unpaired) electrons. The maximum absolute atomic E-state index is 12.5. The summed E-state index contributed by atoms with van der Waals surface area (Å²) >= 11 is 1.23. The van der Waals surface area contributed by atoms with Crippen LogP contribution in [-0.4, -0.2) is 59.1 Å². The zero-order chi connectivity index (χ0) is 26.2. The minimum Gasteiger partial charge on any atom is -0.504 e. The fraction of sp³-hybridized carbons (Fsp3) is 0.154. The van der Waals surface area contributed by atoms with Crippen LogP contribution in [-0.2, 0) is 4.79 Å². The van der Waals surface area contributed by atoms with Crippen LogP contribution in [0.2, 0.25) is 0 Å². The number of nitrogens with one attached hydrogen (secondary N) is 1. The molecule has 0 aliphatic heterocycles. The number of aromatic nitrogens is 3. The minimum atomic E-state index is -0.317. The van der Waals surface area contributed by atoms with Crippen molar-refractivity contribution in [2.45, 2.75) is 5.16 Å². The Labute approximate surface area is 217 Å². The van der Waals surface area contributed by atoms with Crippen LogP contribution >= 0.6 is 11.8 Å². The highest BCUT2D eigenvalue weighted by molar-refractivity contribution is 7.99. The third-order valence-corrected chi connectivity index (χ3v) is 6.18. The molecule has 0 aliphatic carbocycles. The van der Waals surface area contributed by atoms with Gasteiger partial charge in [-0.05, 0) is 72.3 Å². The Kier molecular flexibility index (Phi) is 8.26. The number of carbonyl (C=O) groups excluding carboxylic acids is 1. The van der Waals surface area contributed by atoms with Gasteiger partial charge in [0.1, 0.15) is 11.5 Å². The summed E-state index contributed by atoms with van der Waals surface area (Å²) in [6.07, 6.45) is 1.46. The molecule has 190 valence electrons. The Morgan fingerprint density at radius 3 is 2.30 bits per heavy atom. The van der Waals surface area contributed by atoms with Crippen LogP contribution in [0, 0.1) is 0 Å². The number of carbonyl (C=O) groups is 1. The van der Waals surface area contributed by atoms with E-state index in [1.54, 1.807) is 26.4 Å². The van der Waals surface area contributed by atoms with E-state index >= 15 is 0 Å². The first kappa shape index (κ1) is 25.6. The molecular formula is C26H25N5O5S. The van der Waals surface area contributed by atoms with Crippen molar-refractivity contribution in [1.29, 1.82) is 0 Å². The van der Waals surface area contributed by atoms with Crippen molar-refractivity contribution in [3.8, 4) is 40.1 Å². The van der Waals surface area contributed by atoms with Gasteiger partial charge in [0, 0.05) is 11.3 Å². The lowest BCUT2D eigenvalue weighted by Crippen LogP contribution is -2.20. The molecule has 0 spiro atoms. The molecule has 0 saturated heterocycles. The molecule has 4 rings (SSSR count). The molecule has 11 heteroatoms. The molecular weight excluding hydrogens is 494 g/mol. The number of hydrazone groups is 1. The summed E-state index contributed by atoms with van der Waals surface area (Å²) in [4.78, 5) is 12.5. The van der Waals surface area contributed by atoms with Crippen LogP contribution in [0.3, 0.4) is 0 Å². The Bertz CT molecular complexity index is 1390. The van der Waals surface area contributed by atoms with E-state index in [-0.39, 0.29) is 17.4 Å². The summed E-state index contributed by atoms with van der Waals surface area (Å²) in [6.45, 7) is 0. The molecule has 1 aromatic heterocycles. The van der Waals surface area contributed by atoms with Gasteiger partial charge in [-0.3, -0.25) is 9.36 Å². The monoisotopic (exact) mass is 519 g/mol. The van der Waals surface area contributed by atoms with Crippen molar-refractivity contribution in [3.05, 3.63) is 72.3 Å². The number of benzene rings is 3. The molecule has 0 saturated carbocycles. The van der Waals surface area contributed by atoms with Crippen molar-refractivity contribution in [2.75, 3.05) is 27.1 Å². The molecule has 10 nitrogen and oxygen atoms in total. The standard InChI is InChI=1S/C26H25N5O5S/c1-34-20-9-5-18(6-10-20)25-29-30-26(31(25)19-7-11-21(35-2)12-8-19)37-16-24(33)28-27-15-17-4-13-22(32)23(14-17)36-3/h4-15,32H,16H2,1-3H3,(H,28,33)/b27-15-. The molecule has 0 fully saturated rings. The smallest absolute Gasteiger partial charge is 0.250 e. The number of thioether (sulfide) groups is 1. The fourth-order valence-corrected chi connectivity index (χ4v) is 4.11. The van der Waals surface area contributed by atoms with E-state index in [4.69, 9.17) is 14.2 Å². The first-order valence-electron chi connectivity index (χ1n) is 11.1. The first-order chi connectivity index (χ1) is 18.0. The number of ether oxygens (including phenoxy) is 3. The predicted molar refractivity (Wildman–Crippen MR) is 141 cm³/mol. The molecule has 1 amide bonds. The van der Waals surface area contributed by atoms with Gasteiger partial charge in [0.15, 0.2) is 22.5 Å². The van der Waals surface area contributed by atoms with Gasteiger partial charge in [-0.1, -0.05) is 11.8 Å². The molecule has 0 aliphatic rings. The number of hydrogen-bond acceptors (Lipinski definition) is 9. The minimum absolute atomic E-state index is 0.0232. The molecule has 4 aromatic rings. The summed E-state index contributed by atoms with van der Waals surface area (Å²) < 4.78 is 17.5. The topological polar surface area (TPSA) is 120 Å². The van der Waals surface area contributed by atoms with Gasteiger partial charge in [0.05, 0.1) is 33.3 Å². The van der Waals surface area contributed by atoms with E-state index in [1.807, 2.05) is 53.1 Å². The second kappa shape index (κ2) is 12.0. The SMILES string of the molecule is COc1ccc(-c2nnc(SCC(=O)N/N=C\c3ccc(O)c(OC)c3)n2-c2ccc(OC)cc2)cc1. The molecule has 0 atom stereocenters. The number of methoxy groups -OCH3 is 3. The second-order valence-corrected chi connectivity index (χ2v) is 8.52. The molecule has 37 heavy (non-hydrogen) atoms. The fourth-order valence-electron chi connectivity index (χ4n) is 3.37. The van der Waals surface area contributed by atoms with Gasteiger partial charge in [-0.15, -0.1) is 10.2 Å². The van der Waals surface area contributed by atoms with E-state index in [1.165, 1.54) is 31.2 Å². The number of phenols is 1. The van der Waals surface area contributed by atoms with Gasteiger partial charge in [-0.25, -0.2) is 5.43 Å². The van der Waals surface area contributed by atoms with Gasteiger partial charge in [0.25, 0.3) is 5.91 Å². The number of hydrogen-bond donors (Lipinski definition) is 2. The van der Waals surface area contributed by atoms with Crippen LogP contribution in [0.25, 0.3) is 17.1 Å². The van der Waals surface area contributed by atoms with Crippen molar-refractivity contribution >= 4 is 23.9 Å². The van der Waals surface area contributed by atoms with Gasteiger partial charge >= 0.3 is 0 Å². The molecule has 3 aromatic carbocycles. The third kappa shape index (κ3) is 6.19. The lowest BCUT2D eigenvalue weighted by molar-refractivity contribution is -0.118. The largest absolute Gasteiger partial charge is 0.504 e. The number of amides is 1. The number of aromatic hydroxyl groups is 1. The van der Waals surface area contributed by atoms with Crippen LogP contribution in [0.15, 0.2) is 77.0 Å². The van der Waals surface area contributed by atoms with Gasteiger partial charge in [0.2, 0.25) is 0 Å². The Morgan fingerprint density at radius 2 is 1.65 bits per heavy atom. The van der Waals surface area contributed by atoms with Gasteiger partial charge < -0.3 is 19.3 Å². The summed E-state index contributed by atoms with van der Waals surface area (Å²) in [6, 6.07) is 19.7. The highest BCUT2D eigenvalue weighted by Gasteiger charge is 2.17. The Hall–Kier alpha value is -4.51. The van der Waals surface area contributed by atoms with E-state index in [2.05, 4.69) is 20.7 Å². The van der Waals surface area contributed by atoms with Crippen molar-refractivity contribution in [1.82, 2.24) is 20.2 Å². The number of nitrogens with zero attached hydrogens (tertiary/aromatic N) is 4. The van der Waals surface area contributed by atoms with Gasteiger partial charge in [-0.2, -0.15) is 5.10 Å². The van der Waals surface area contributed by atoms with Crippen molar-refractivity contribution < 1.29 is 24.1 Å². The lowest BCUT2D eigenvalue weighted by atomic mass is 10.2. The average Bonchev–Trinajstić information content (AvgIpc) is 3.36. The van der Waals surface area contributed by atoms with E-state index in [0.717, 1.165) is 22.7 Å². The quantitative estimate of drug-likeness (QED) is 0.184. The van der Waals surface area contributed by atoms with Crippen LogP contribution in [0.1, 0.15) is 5.56 Å². The summed E-state index contributed by atoms with van der Waals surface area (Å²) in [5.74, 6) is 2.16. The van der Waals surface area contributed by atoms with E-state index in [0.29, 0.717) is 22.3 Å². The zero-order valence-corrected chi connectivity index (χ0v) is 21.2. The second-order valence-electron chi connectivity index (χ2n) is 7.58. The third-order valence-electron chi connectivity index (χ3n) is 5.25. The normalized spacial score (nSPS) is 10.9. The maximum atomic E-state index is 12.5. The van der Waals surface area contributed by atoms with Crippen molar-refractivity contribution in [3.63, 3.8) is 0 Å². The Morgan fingerprint density at radius 1 is 0.973 bits per heavy atom. The Balaban J connectivity index is 1.51. The molecule has 2 N–H and O–H groups in total. The molecule has 1 heterocycles. The maximum Gasteiger partial charge on any atom is 0.250 e. The zero-order valence-electron chi connectivity index (χ0n) is 20.4. The predicted octanol–water partition coefficient (Wildman–Crippen LogP) is 3.91. The average molecular weight is 520 g/mol. The summed E-state index contributed by atoms with van der Waals surface area (Å²) in [5, 5.41) is 22.9. The van der Waals surface area contributed by atoms with Crippen molar-refractivity contribution in [2.24, 2.45) is 5.10 Å². The van der Waals surface area contributed by atoms with E-state index in [9.17, 15) is 9.90 Å². The first-order valence-corrected chi connectivity index (χ1v) is 12.1. The number of phenolic OH excluding ortho intramolecular Hbond substituents is 1. The van der Waals surface area contributed by atoms with E-state index < -0.39 is 0 Å². The summed E-state index contributed by atoms with van der Waals surface area (Å²) in [7, 11) is 4.68. The highest BCUT2D eigenvalue weighted by atomic mass is 32.2.